The van der Waals surface area contributed by atoms with Gasteiger partial charge in [-0.25, -0.2) is 4.98 Å². The number of pyridine rings is 1. The molecule has 0 saturated heterocycles. The predicted molar refractivity (Wildman–Crippen MR) is 77.9 cm³/mol. The molecule has 0 bridgehead atoms. The SMILES string of the molecule is CCCc1cc(C(=O)N(CCO)CCO)cc(NC)n1. The van der Waals surface area contributed by atoms with Gasteiger partial charge < -0.3 is 20.4 Å². The number of anilines is 1. The summed E-state index contributed by atoms with van der Waals surface area (Å²) in [6.45, 7) is 2.22. The molecule has 0 radical (unpaired) electrons. The first-order chi connectivity index (χ1) is 9.65. The molecule has 20 heavy (non-hydrogen) atoms. The molecule has 1 amide bonds. The molecule has 3 N–H and O–H groups in total. The number of nitrogens with one attached hydrogen (secondary N) is 1. The van der Waals surface area contributed by atoms with E-state index in [2.05, 4.69) is 17.2 Å². The second-order valence-corrected chi connectivity index (χ2v) is 4.47. The summed E-state index contributed by atoms with van der Waals surface area (Å²) < 4.78 is 0. The Hall–Kier alpha value is -1.66. The number of aryl methyl sites for hydroxylation is 1. The largest absolute Gasteiger partial charge is 0.395 e. The topological polar surface area (TPSA) is 85.7 Å². The van der Waals surface area contributed by atoms with Crippen molar-refractivity contribution in [3.05, 3.63) is 23.4 Å². The Labute approximate surface area is 119 Å². The van der Waals surface area contributed by atoms with Crippen molar-refractivity contribution in [2.24, 2.45) is 0 Å². The molecule has 0 aliphatic rings. The molecule has 0 aromatic carbocycles. The number of rotatable bonds is 8. The molecule has 0 aliphatic carbocycles. The van der Waals surface area contributed by atoms with Crippen LogP contribution >= 0.6 is 0 Å². The maximum atomic E-state index is 12.4. The zero-order chi connectivity index (χ0) is 15.0. The highest BCUT2D eigenvalue weighted by molar-refractivity contribution is 5.95. The highest BCUT2D eigenvalue weighted by Crippen LogP contribution is 2.14. The van der Waals surface area contributed by atoms with E-state index in [1.807, 2.05) is 0 Å². The van der Waals surface area contributed by atoms with Gasteiger partial charge in [-0.3, -0.25) is 4.79 Å². The third-order valence-electron chi connectivity index (χ3n) is 2.91. The molecule has 1 rings (SSSR count). The fraction of sp³-hybridized carbons (Fsp3) is 0.571. The molecule has 0 unspecified atom stereocenters. The Bertz CT molecular complexity index is 432. The Balaban J connectivity index is 3.02. The molecule has 1 heterocycles. The Kier molecular flexibility index (Phi) is 6.97. The molecule has 0 spiro atoms. The van der Waals surface area contributed by atoms with Crippen molar-refractivity contribution in [2.45, 2.75) is 19.8 Å². The summed E-state index contributed by atoms with van der Waals surface area (Å²) in [6.07, 6.45) is 1.75. The van der Waals surface area contributed by atoms with Crippen molar-refractivity contribution >= 4 is 11.7 Å². The maximum Gasteiger partial charge on any atom is 0.254 e. The Morgan fingerprint density at radius 1 is 1.30 bits per heavy atom. The maximum absolute atomic E-state index is 12.4. The van der Waals surface area contributed by atoms with Crippen LogP contribution in [-0.2, 0) is 6.42 Å². The molecule has 6 heteroatoms. The van der Waals surface area contributed by atoms with E-state index in [-0.39, 0.29) is 32.2 Å². The first-order valence-corrected chi connectivity index (χ1v) is 6.86. The molecule has 6 nitrogen and oxygen atoms in total. The monoisotopic (exact) mass is 281 g/mol. The summed E-state index contributed by atoms with van der Waals surface area (Å²) in [5.74, 6) is 0.441. The lowest BCUT2D eigenvalue weighted by Crippen LogP contribution is -2.36. The van der Waals surface area contributed by atoms with Gasteiger partial charge in [-0.2, -0.15) is 0 Å². The molecule has 0 atom stereocenters. The van der Waals surface area contributed by atoms with Gasteiger partial charge >= 0.3 is 0 Å². The van der Waals surface area contributed by atoms with Gasteiger partial charge in [-0.15, -0.1) is 0 Å². The van der Waals surface area contributed by atoms with E-state index in [1.54, 1.807) is 19.2 Å². The van der Waals surface area contributed by atoms with Gasteiger partial charge in [0.2, 0.25) is 0 Å². The molecular formula is C14H23N3O3. The van der Waals surface area contributed by atoms with E-state index in [0.717, 1.165) is 18.5 Å². The first-order valence-electron chi connectivity index (χ1n) is 6.86. The van der Waals surface area contributed by atoms with Gasteiger partial charge in [-0.1, -0.05) is 13.3 Å². The van der Waals surface area contributed by atoms with Crippen LogP contribution in [0.15, 0.2) is 12.1 Å². The lowest BCUT2D eigenvalue weighted by atomic mass is 10.1. The number of hydrogen-bond donors (Lipinski definition) is 3. The van der Waals surface area contributed by atoms with E-state index in [9.17, 15) is 4.79 Å². The van der Waals surface area contributed by atoms with Crippen LogP contribution in [-0.4, -0.2) is 59.4 Å². The van der Waals surface area contributed by atoms with Crippen molar-refractivity contribution in [1.82, 2.24) is 9.88 Å². The molecular weight excluding hydrogens is 258 g/mol. The number of carbonyl (C=O) groups excluding carboxylic acids is 1. The molecule has 0 fully saturated rings. The second-order valence-electron chi connectivity index (χ2n) is 4.47. The molecule has 1 aromatic heterocycles. The second kappa shape index (κ2) is 8.50. The molecule has 112 valence electrons. The minimum atomic E-state index is -0.204. The van der Waals surface area contributed by atoms with Gasteiger partial charge in [0, 0.05) is 31.4 Å². The Morgan fingerprint density at radius 2 is 1.95 bits per heavy atom. The zero-order valence-electron chi connectivity index (χ0n) is 12.1. The van der Waals surface area contributed by atoms with E-state index < -0.39 is 0 Å². The first kappa shape index (κ1) is 16.4. The average Bonchev–Trinajstić information content (AvgIpc) is 2.46. The zero-order valence-corrected chi connectivity index (χ0v) is 12.1. The molecule has 0 saturated carbocycles. The van der Waals surface area contributed by atoms with Crippen LogP contribution in [0.1, 0.15) is 29.4 Å². The smallest absolute Gasteiger partial charge is 0.254 e. The predicted octanol–water partition coefficient (Wildman–Crippen LogP) is 0.503. The number of aromatic nitrogens is 1. The van der Waals surface area contributed by atoms with Crippen LogP contribution in [0.2, 0.25) is 0 Å². The van der Waals surface area contributed by atoms with Crippen molar-refractivity contribution in [3.63, 3.8) is 0 Å². The summed E-state index contributed by atoms with van der Waals surface area (Å²) >= 11 is 0. The van der Waals surface area contributed by atoms with Crippen LogP contribution in [0.5, 0.6) is 0 Å². The summed E-state index contributed by atoms with van der Waals surface area (Å²) in [7, 11) is 1.76. The van der Waals surface area contributed by atoms with Gasteiger partial charge in [0.05, 0.1) is 13.2 Å². The number of carbonyl (C=O) groups is 1. The Morgan fingerprint density at radius 3 is 2.45 bits per heavy atom. The van der Waals surface area contributed by atoms with Gasteiger partial charge in [0.15, 0.2) is 0 Å². The molecule has 1 aromatic rings. The normalized spacial score (nSPS) is 10.4. The van der Waals surface area contributed by atoms with Crippen molar-refractivity contribution < 1.29 is 15.0 Å². The lowest BCUT2D eigenvalue weighted by molar-refractivity contribution is 0.0684. The number of amides is 1. The van der Waals surface area contributed by atoms with Crippen molar-refractivity contribution in [1.29, 1.82) is 0 Å². The van der Waals surface area contributed by atoms with Crippen LogP contribution < -0.4 is 5.32 Å². The van der Waals surface area contributed by atoms with Gasteiger partial charge in [0.25, 0.3) is 5.91 Å². The summed E-state index contributed by atoms with van der Waals surface area (Å²) in [4.78, 5) is 18.2. The number of nitrogens with zero attached hydrogens (tertiary/aromatic N) is 2. The highest BCUT2D eigenvalue weighted by Gasteiger charge is 2.16. The van der Waals surface area contributed by atoms with Crippen molar-refractivity contribution in [2.75, 3.05) is 38.7 Å². The third kappa shape index (κ3) is 4.47. The highest BCUT2D eigenvalue weighted by atomic mass is 16.3. The van der Waals surface area contributed by atoms with Crippen molar-refractivity contribution in [3.8, 4) is 0 Å². The third-order valence-corrected chi connectivity index (χ3v) is 2.91. The van der Waals surface area contributed by atoms with Gasteiger partial charge in [-0.05, 0) is 18.6 Å². The average molecular weight is 281 g/mol. The standard InChI is InChI=1S/C14H23N3O3/c1-3-4-12-9-11(10-13(15-2)16-12)14(20)17(5-7-18)6-8-19/h9-10,18-19H,3-8H2,1-2H3,(H,15,16). The van der Waals surface area contributed by atoms with E-state index in [0.29, 0.717) is 11.4 Å². The van der Waals surface area contributed by atoms with E-state index >= 15 is 0 Å². The van der Waals surface area contributed by atoms with Crippen LogP contribution in [0, 0.1) is 0 Å². The summed E-state index contributed by atoms with van der Waals surface area (Å²) in [6, 6.07) is 3.46. The van der Waals surface area contributed by atoms with Crippen LogP contribution in [0.25, 0.3) is 0 Å². The minimum Gasteiger partial charge on any atom is -0.395 e. The summed E-state index contributed by atoms with van der Waals surface area (Å²) in [5.41, 5.74) is 1.38. The summed E-state index contributed by atoms with van der Waals surface area (Å²) in [5, 5.41) is 20.9. The van der Waals surface area contributed by atoms with Crippen LogP contribution in [0.3, 0.4) is 0 Å². The van der Waals surface area contributed by atoms with Crippen LogP contribution in [0.4, 0.5) is 5.82 Å². The van der Waals surface area contributed by atoms with E-state index in [1.165, 1.54) is 4.90 Å². The van der Waals surface area contributed by atoms with Gasteiger partial charge in [0.1, 0.15) is 5.82 Å². The number of hydrogen-bond acceptors (Lipinski definition) is 5. The number of aliphatic hydroxyl groups is 2. The number of aliphatic hydroxyl groups excluding tert-OH is 2. The van der Waals surface area contributed by atoms with E-state index in [4.69, 9.17) is 10.2 Å². The molecule has 0 aliphatic heterocycles. The quantitative estimate of drug-likeness (QED) is 0.646. The fourth-order valence-corrected chi connectivity index (χ4v) is 1.96. The lowest BCUT2D eigenvalue weighted by Gasteiger charge is -2.21. The fourth-order valence-electron chi connectivity index (χ4n) is 1.96. The minimum absolute atomic E-state index is 0.127.